The van der Waals surface area contributed by atoms with Crippen LogP contribution in [0.3, 0.4) is 0 Å². The highest BCUT2D eigenvalue weighted by atomic mass is 19.1. The third-order valence-electron chi connectivity index (χ3n) is 3.50. The van der Waals surface area contributed by atoms with E-state index in [1.54, 1.807) is 0 Å². The van der Waals surface area contributed by atoms with Crippen LogP contribution in [0.5, 0.6) is 0 Å². The number of carbonyl (C=O) groups is 2. The predicted octanol–water partition coefficient (Wildman–Crippen LogP) is 1.47. The van der Waals surface area contributed by atoms with Crippen LogP contribution < -0.4 is 10.6 Å². The smallest absolute Gasteiger partial charge is 0.251 e. The second kappa shape index (κ2) is 9.15. The van der Waals surface area contributed by atoms with Crippen molar-refractivity contribution < 1.29 is 19.1 Å². The summed E-state index contributed by atoms with van der Waals surface area (Å²) in [6, 6.07) is 5.19. The zero-order valence-corrected chi connectivity index (χ0v) is 12.9. The van der Waals surface area contributed by atoms with E-state index in [2.05, 4.69) is 10.6 Å². The Morgan fingerprint density at radius 2 is 1.86 bits per heavy atom. The lowest BCUT2D eigenvalue weighted by molar-refractivity contribution is -0.122. The number of hydrogen-bond donors (Lipinski definition) is 3. The highest BCUT2D eigenvalue weighted by Gasteiger charge is 2.13. The molecule has 0 aliphatic carbocycles. The van der Waals surface area contributed by atoms with Crippen LogP contribution in [0.25, 0.3) is 0 Å². The topological polar surface area (TPSA) is 78.4 Å². The van der Waals surface area contributed by atoms with E-state index in [9.17, 15) is 14.0 Å². The molecular weight excluding hydrogens is 287 g/mol. The van der Waals surface area contributed by atoms with Gasteiger partial charge < -0.3 is 15.7 Å². The standard InChI is InChI=1S/C16H23FN2O3/c1-11(10-20)12(2)19-15(21)4-3-9-18-16(22)13-5-7-14(17)8-6-13/h5-8,11-12,20H,3-4,9-10H2,1-2H3,(H,18,22)(H,19,21). The van der Waals surface area contributed by atoms with Crippen molar-refractivity contribution in [2.45, 2.75) is 32.7 Å². The van der Waals surface area contributed by atoms with Gasteiger partial charge in [-0.1, -0.05) is 6.92 Å². The van der Waals surface area contributed by atoms with Gasteiger partial charge in [0.2, 0.25) is 5.91 Å². The number of amides is 2. The number of rotatable bonds is 8. The van der Waals surface area contributed by atoms with Gasteiger partial charge in [-0.3, -0.25) is 9.59 Å². The Bertz CT molecular complexity index is 491. The molecular formula is C16H23FN2O3. The maximum absolute atomic E-state index is 12.7. The van der Waals surface area contributed by atoms with Gasteiger partial charge in [0.15, 0.2) is 0 Å². The lowest BCUT2D eigenvalue weighted by Gasteiger charge is -2.19. The Morgan fingerprint density at radius 1 is 1.23 bits per heavy atom. The number of benzene rings is 1. The summed E-state index contributed by atoms with van der Waals surface area (Å²) >= 11 is 0. The first-order chi connectivity index (χ1) is 10.4. The molecule has 0 aliphatic rings. The third kappa shape index (κ3) is 6.22. The van der Waals surface area contributed by atoms with E-state index < -0.39 is 0 Å². The maximum Gasteiger partial charge on any atom is 0.251 e. The molecule has 122 valence electrons. The first-order valence-corrected chi connectivity index (χ1v) is 7.38. The second-order valence-corrected chi connectivity index (χ2v) is 5.38. The molecule has 1 aromatic rings. The van der Waals surface area contributed by atoms with Crippen molar-refractivity contribution in [2.24, 2.45) is 5.92 Å². The minimum atomic E-state index is -0.389. The molecule has 0 aliphatic heterocycles. The van der Waals surface area contributed by atoms with Crippen LogP contribution in [-0.2, 0) is 4.79 Å². The summed E-state index contributed by atoms with van der Waals surface area (Å²) in [4.78, 5) is 23.4. The molecule has 0 aromatic heterocycles. The molecule has 0 bridgehead atoms. The van der Waals surface area contributed by atoms with E-state index >= 15 is 0 Å². The molecule has 2 atom stereocenters. The number of aliphatic hydroxyl groups is 1. The van der Waals surface area contributed by atoms with Gasteiger partial charge in [0, 0.05) is 31.2 Å². The van der Waals surface area contributed by atoms with Crippen molar-refractivity contribution in [3.63, 3.8) is 0 Å². The molecule has 5 nitrogen and oxygen atoms in total. The largest absolute Gasteiger partial charge is 0.396 e. The molecule has 1 rings (SSSR count). The molecule has 0 fully saturated rings. The molecule has 0 spiro atoms. The van der Waals surface area contributed by atoms with Gasteiger partial charge >= 0.3 is 0 Å². The number of halogens is 1. The Hall–Kier alpha value is -1.95. The molecule has 0 saturated carbocycles. The normalized spacial score (nSPS) is 13.3. The fourth-order valence-corrected chi connectivity index (χ4v) is 1.78. The summed E-state index contributed by atoms with van der Waals surface area (Å²) in [5.74, 6) is -0.784. The van der Waals surface area contributed by atoms with E-state index in [0.717, 1.165) is 0 Å². The van der Waals surface area contributed by atoms with Crippen molar-refractivity contribution in [3.8, 4) is 0 Å². The predicted molar refractivity (Wildman–Crippen MR) is 81.8 cm³/mol. The fraction of sp³-hybridized carbons (Fsp3) is 0.500. The van der Waals surface area contributed by atoms with E-state index in [1.165, 1.54) is 24.3 Å². The monoisotopic (exact) mass is 310 g/mol. The zero-order valence-electron chi connectivity index (χ0n) is 12.9. The molecule has 1 aromatic carbocycles. The minimum absolute atomic E-state index is 0.00197. The maximum atomic E-state index is 12.7. The highest BCUT2D eigenvalue weighted by molar-refractivity contribution is 5.94. The lowest BCUT2D eigenvalue weighted by atomic mass is 10.1. The first kappa shape index (κ1) is 18.1. The number of aliphatic hydroxyl groups excluding tert-OH is 1. The van der Waals surface area contributed by atoms with Gasteiger partial charge in [-0.05, 0) is 43.5 Å². The summed E-state index contributed by atoms with van der Waals surface area (Å²) in [5.41, 5.74) is 0.385. The van der Waals surface area contributed by atoms with Crippen LogP contribution in [-0.4, -0.2) is 36.1 Å². The van der Waals surface area contributed by atoms with Gasteiger partial charge in [-0.15, -0.1) is 0 Å². The van der Waals surface area contributed by atoms with Crippen LogP contribution >= 0.6 is 0 Å². The average Bonchev–Trinajstić information content (AvgIpc) is 2.51. The van der Waals surface area contributed by atoms with Crippen molar-refractivity contribution in [1.29, 1.82) is 0 Å². The zero-order chi connectivity index (χ0) is 16.5. The molecule has 0 radical (unpaired) electrons. The molecule has 0 saturated heterocycles. The van der Waals surface area contributed by atoms with E-state index in [-0.39, 0.29) is 36.2 Å². The number of hydrogen-bond acceptors (Lipinski definition) is 3. The van der Waals surface area contributed by atoms with Crippen LogP contribution in [0.2, 0.25) is 0 Å². The first-order valence-electron chi connectivity index (χ1n) is 7.38. The number of carbonyl (C=O) groups excluding carboxylic acids is 2. The quantitative estimate of drug-likeness (QED) is 0.636. The average molecular weight is 310 g/mol. The Balaban J connectivity index is 2.23. The van der Waals surface area contributed by atoms with E-state index in [1.807, 2.05) is 13.8 Å². The van der Waals surface area contributed by atoms with Crippen molar-refractivity contribution >= 4 is 11.8 Å². The van der Waals surface area contributed by atoms with Gasteiger partial charge in [0.05, 0.1) is 0 Å². The van der Waals surface area contributed by atoms with Gasteiger partial charge in [-0.2, -0.15) is 0 Å². The van der Waals surface area contributed by atoms with Crippen LogP contribution in [0, 0.1) is 11.7 Å². The van der Waals surface area contributed by atoms with Crippen molar-refractivity contribution in [2.75, 3.05) is 13.2 Å². The summed E-state index contributed by atoms with van der Waals surface area (Å²) in [7, 11) is 0. The summed E-state index contributed by atoms with van der Waals surface area (Å²) < 4.78 is 12.7. The van der Waals surface area contributed by atoms with Crippen molar-refractivity contribution in [3.05, 3.63) is 35.6 Å². The second-order valence-electron chi connectivity index (χ2n) is 5.38. The summed E-state index contributed by atoms with van der Waals surface area (Å²) in [6.07, 6.45) is 0.811. The molecule has 2 unspecified atom stereocenters. The Morgan fingerprint density at radius 3 is 2.45 bits per heavy atom. The fourth-order valence-electron chi connectivity index (χ4n) is 1.78. The van der Waals surface area contributed by atoms with Crippen LogP contribution in [0.1, 0.15) is 37.0 Å². The van der Waals surface area contributed by atoms with E-state index in [4.69, 9.17) is 5.11 Å². The molecule has 22 heavy (non-hydrogen) atoms. The van der Waals surface area contributed by atoms with Crippen LogP contribution in [0.4, 0.5) is 4.39 Å². The van der Waals surface area contributed by atoms with Gasteiger partial charge in [0.1, 0.15) is 5.82 Å². The minimum Gasteiger partial charge on any atom is -0.396 e. The van der Waals surface area contributed by atoms with Gasteiger partial charge in [-0.25, -0.2) is 4.39 Å². The summed E-state index contributed by atoms with van der Waals surface area (Å²) in [5, 5.41) is 14.5. The summed E-state index contributed by atoms with van der Waals surface area (Å²) in [6.45, 7) is 4.09. The molecule has 0 heterocycles. The Kier molecular flexibility index (Phi) is 7.52. The Labute approximate surface area is 129 Å². The number of nitrogens with one attached hydrogen (secondary N) is 2. The molecule has 3 N–H and O–H groups in total. The van der Waals surface area contributed by atoms with Gasteiger partial charge in [0.25, 0.3) is 5.91 Å². The van der Waals surface area contributed by atoms with E-state index in [0.29, 0.717) is 24.9 Å². The SMILES string of the molecule is CC(CO)C(C)NC(=O)CCCNC(=O)c1ccc(F)cc1. The lowest BCUT2D eigenvalue weighted by Crippen LogP contribution is -2.38. The molecule has 2 amide bonds. The van der Waals surface area contributed by atoms with Crippen molar-refractivity contribution in [1.82, 2.24) is 10.6 Å². The molecule has 6 heteroatoms. The highest BCUT2D eigenvalue weighted by Crippen LogP contribution is 2.03. The van der Waals surface area contributed by atoms with Crippen LogP contribution in [0.15, 0.2) is 24.3 Å². The third-order valence-corrected chi connectivity index (χ3v) is 3.50.